The Balaban J connectivity index is 1.66. The molecule has 0 saturated heterocycles. The van der Waals surface area contributed by atoms with Gasteiger partial charge in [0.25, 0.3) is 5.91 Å². The molecule has 5 heteroatoms. The van der Waals surface area contributed by atoms with Crippen LogP contribution in [0.2, 0.25) is 0 Å². The number of ether oxygens (including phenoxy) is 2. The van der Waals surface area contributed by atoms with E-state index in [1.165, 1.54) is 0 Å². The minimum Gasteiger partial charge on any atom is -0.486 e. The largest absolute Gasteiger partial charge is 0.486 e. The summed E-state index contributed by atoms with van der Waals surface area (Å²) in [5.41, 5.74) is 0.474. The first-order valence-electron chi connectivity index (χ1n) is 6.51. The summed E-state index contributed by atoms with van der Waals surface area (Å²) < 4.78 is 10.9. The highest BCUT2D eigenvalue weighted by Crippen LogP contribution is 2.44. The van der Waals surface area contributed by atoms with Crippen molar-refractivity contribution in [1.82, 2.24) is 5.32 Å². The highest BCUT2D eigenvalue weighted by atomic mass is 16.6. The molecule has 102 valence electrons. The Hall–Kier alpha value is -1.75. The van der Waals surface area contributed by atoms with E-state index in [1.54, 1.807) is 18.2 Å². The summed E-state index contributed by atoms with van der Waals surface area (Å²) >= 11 is 0. The number of aliphatic hydroxyl groups is 1. The van der Waals surface area contributed by atoms with Crippen molar-refractivity contribution in [1.29, 1.82) is 0 Å². The lowest BCUT2D eigenvalue weighted by molar-refractivity contribution is 0.0934. The number of rotatable bonds is 4. The molecule has 2 N–H and O–H groups in total. The summed E-state index contributed by atoms with van der Waals surface area (Å²) in [5.74, 6) is 1.15. The Morgan fingerprint density at radius 1 is 1.26 bits per heavy atom. The summed E-state index contributed by atoms with van der Waals surface area (Å²) in [4.78, 5) is 12.0. The van der Waals surface area contributed by atoms with Gasteiger partial charge in [-0.25, -0.2) is 0 Å². The van der Waals surface area contributed by atoms with E-state index in [0.29, 0.717) is 36.8 Å². The van der Waals surface area contributed by atoms with Crippen LogP contribution in [-0.4, -0.2) is 37.4 Å². The zero-order valence-corrected chi connectivity index (χ0v) is 10.6. The summed E-state index contributed by atoms with van der Waals surface area (Å²) in [6.07, 6.45) is 1.95. The Morgan fingerprint density at radius 3 is 2.68 bits per heavy atom. The third-order valence-electron chi connectivity index (χ3n) is 3.72. The van der Waals surface area contributed by atoms with E-state index in [2.05, 4.69) is 5.32 Å². The molecular weight excluding hydrogens is 246 g/mol. The number of fused-ring (bicyclic) bond motifs is 1. The fraction of sp³-hybridized carbons (Fsp3) is 0.500. The van der Waals surface area contributed by atoms with Crippen LogP contribution in [0.3, 0.4) is 0 Å². The van der Waals surface area contributed by atoms with Crippen LogP contribution in [0.5, 0.6) is 11.5 Å². The molecule has 0 bridgehead atoms. The second-order valence-electron chi connectivity index (χ2n) is 5.20. The van der Waals surface area contributed by atoms with Gasteiger partial charge in [-0.15, -0.1) is 0 Å². The van der Waals surface area contributed by atoms with Gasteiger partial charge in [-0.3, -0.25) is 4.79 Å². The summed E-state index contributed by atoms with van der Waals surface area (Å²) in [7, 11) is 0. The number of carbonyl (C=O) groups is 1. The molecule has 1 fully saturated rings. The normalized spacial score (nSPS) is 18.8. The average molecular weight is 263 g/mol. The van der Waals surface area contributed by atoms with Crippen LogP contribution in [0.1, 0.15) is 23.2 Å². The standard InChI is InChI=1S/C14H17NO4/c16-9-14(3-4-14)8-15-13(17)10-1-2-11-12(7-10)19-6-5-18-11/h1-2,7,16H,3-6,8-9H2,(H,15,17). The maximum absolute atomic E-state index is 12.0. The van der Waals surface area contributed by atoms with Crippen molar-refractivity contribution in [3.8, 4) is 11.5 Å². The molecule has 3 rings (SSSR count). The number of amides is 1. The first-order valence-corrected chi connectivity index (χ1v) is 6.51. The number of carbonyl (C=O) groups excluding carboxylic acids is 1. The van der Waals surface area contributed by atoms with Crippen molar-refractivity contribution in [3.05, 3.63) is 23.8 Å². The van der Waals surface area contributed by atoms with E-state index in [9.17, 15) is 9.90 Å². The van der Waals surface area contributed by atoms with Crippen LogP contribution in [-0.2, 0) is 0 Å². The summed E-state index contributed by atoms with van der Waals surface area (Å²) in [5, 5.41) is 12.1. The Bertz CT molecular complexity index is 496. The predicted molar refractivity (Wildman–Crippen MR) is 68.5 cm³/mol. The van der Waals surface area contributed by atoms with Gasteiger partial charge in [0.05, 0.1) is 6.61 Å². The van der Waals surface area contributed by atoms with Crippen LogP contribution >= 0.6 is 0 Å². The number of hydrogen-bond acceptors (Lipinski definition) is 4. The van der Waals surface area contributed by atoms with Crippen molar-refractivity contribution in [3.63, 3.8) is 0 Å². The highest BCUT2D eigenvalue weighted by molar-refractivity contribution is 5.94. The molecule has 1 aromatic carbocycles. The molecule has 1 heterocycles. The van der Waals surface area contributed by atoms with Gasteiger partial charge in [0, 0.05) is 17.5 Å². The van der Waals surface area contributed by atoms with Gasteiger partial charge in [-0.1, -0.05) is 0 Å². The third kappa shape index (κ3) is 2.51. The van der Waals surface area contributed by atoms with Crippen LogP contribution in [0.25, 0.3) is 0 Å². The molecule has 1 aliphatic heterocycles. The molecule has 0 aromatic heterocycles. The molecule has 1 saturated carbocycles. The highest BCUT2D eigenvalue weighted by Gasteiger charge is 2.42. The van der Waals surface area contributed by atoms with Gasteiger partial charge in [-0.05, 0) is 31.0 Å². The van der Waals surface area contributed by atoms with Gasteiger partial charge in [0.15, 0.2) is 11.5 Å². The zero-order valence-electron chi connectivity index (χ0n) is 10.6. The first-order chi connectivity index (χ1) is 9.22. The molecule has 0 atom stereocenters. The maximum Gasteiger partial charge on any atom is 0.251 e. The minimum atomic E-state index is -0.142. The Kier molecular flexibility index (Phi) is 3.06. The van der Waals surface area contributed by atoms with Crippen LogP contribution in [0, 0.1) is 5.41 Å². The van der Waals surface area contributed by atoms with Crippen molar-refractivity contribution >= 4 is 5.91 Å². The van der Waals surface area contributed by atoms with Crippen LogP contribution in [0.15, 0.2) is 18.2 Å². The number of benzene rings is 1. The molecule has 5 nitrogen and oxygen atoms in total. The molecule has 1 aliphatic carbocycles. The Morgan fingerprint density at radius 2 is 2.00 bits per heavy atom. The van der Waals surface area contributed by atoms with E-state index in [-0.39, 0.29) is 17.9 Å². The van der Waals surface area contributed by atoms with Gasteiger partial charge in [0.2, 0.25) is 0 Å². The minimum absolute atomic E-state index is 0.0799. The van der Waals surface area contributed by atoms with Crippen molar-refractivity contribution in [2.45, 2.75) is 12.8 Å². The first kappa shape index (κ1) is 12.3. The fourth-order valence-corrected chi connectivity index (χ4v) is 2.12. The maximum atomic E-state index is 12.0. The van der Waals surface area contributed by atoms with E-state index >= 15 is 0 Å². The quantitative estimate of drug-likeness (QED) is 0.849. The van der Waals surface area contributed by atoms with E-state index < -0.39 is 0 Å². The van der Waals surface area contributed by atoms with E-state index in [0.717, 1.165) is 12.8 Å². The average Bonchev–Trinajstić information content (AvgIpc) is 3.25. The molecule has 19 heavy (non-hydrogen) atoms. The van der Waals surface area contributed by atoms with Crippen LogP contribution in [0.4, 0.5) is 0 Å². The molecule has 0 spiro atoms. The van der Waals surface area contributed by atoms with Crippen molar-refractivity contribution in [2.75, 3.05) is 26.4 Å². The summed E-state index contributed by atoms with van der Waals surface area (Å²) in [6, 6.07) is 5.17. The molecular formula is C14H17NO4. The van der Waals surface area contributed by atoms with Crippen molar-refractivity contribution < 1.29 is 19.4 Å². The molecule has 2 aliphatic rings. The number of hydrogen-bond donors (Lipinski definition) is 2. The molecule has 0 radical (unpaired) electrons. The Labute approximate surface area is 111 Å². The zero-order chi connectivity index (χ0) is 13.3. The topological polar surface area (TPSA) is 67.8 Å². The van der Waals surface area contributed by atoms with Gasteiger partial charge >= 0.3 is 0 Å². The fourth-order valence-electron chi connectivity index (χ4n) is 2.12. The monoisotopic (exact) mass is 263 g/mol. The van der Waals surface area contributed by atoms with Gasteiger partial charge in [0.1, 0.15) is 13.2 Å². The smallest absolute Gasteiger partial charge is 0.251 e. The lowest BCUT2D eigenvalue weighted by Gasteiger charge is -2.19. The molecule has 0 unspecified atom stereocenters. The van der Waals surface area contributed by atoms with Gasteiger partial charge < -0.3 is 19.9 Å². The number of aliphatic hydroxyl groups excluding tert-OH is 1. The van der Waals surface area contributed by atoms with Crippen LogP contribution < -0.4 is 14.8 Å². The molecule has 1 aromatic rings. The van der Waals surface area contributed by atoms with Gasteiger partial charge in [-0.2, -0.15) is 0 Å². The lowest BCUT2D eigenvalue weighted by Crippen LogP contribution is -2.31. The SMILES string of the molecule is O=C(NCC1(CO)CC1)c1ccc2c(c1)OCCO2. The predicted octanol–water partition coefficient (Wildman–Crippen LogP) is 0.960. The molecule has 1 amide bonds. The van der Waals surface area contributed by atoms with Crippen molar-refractivity contribution in [2.24, 2.45) is 5.41 Å². The number of nitrogens with one attached hydrogen (secondary N) is 1. The lowest BCUT2D eigenvalue weighted by atomic mass is 10.1. The second-order valence-corrected chi connectivity index (χ2v) is 5.20. The third-order valence-corrected chi connectivity index (χ3v) is 3.72. The summed E-state index contributed by atoms with van der Waals surface area (Å²) in [6.45, 7) is 1.70. The van der Waals surface area contributed by atoms with E-state index in [1.807, 2.05) is 0 Å². The second kappa shape index (κ2) is 4.74. The van der Waals surface area contributed by atoms with E-state index in [4.69, 9.17) is 9.47 Å².